The van der Waals surface area contributed by atoms with Crippen LogP contribution in [0, 0.1) is 26.5 Å². The maximum atomic E-state index is 13.7. The van der Waals surface area contributed by atoms with Crippen LogP contribution in [0.3, 0.4) is 0 Å². The fourth-order valence-corrected chi connectivity index (χ4v) is 2.47. The monoisotopic (exact) mass is 383 g/mol. The van der Waals surface area contributed by atoms with Crippen molar-refractivity contribution in [2.24, 2.45) is 0 Å². The number of carbonyl (C=O) groups is 1. The summed E-state index contributed by atoms with van der Waals surface area (Å²) in [6.45, 7) is 0. The summed E-state index contributed by atoms with van der Waals surface area (Å²) in [5.41, 5.74) is 0.238. The fourth-order valence-electron chi connectivity index (χ4n) is 1.82. The number of benzene rings is 2. The van der Waals surface area contributed by atoms with E-state index in [1.54, 1.807) is 30.3 Å². The molecule has 2 aromatic rings. The van der Waals surface area contributed by atoms with Crippen LogP contribution in [0.2, 0.25) is 0 Å². The van der Waals surface area contributed by atoms with Crippen LogP contribution in [-0.4, -0.2) is 5.78 Å². The van der Waals surface area contributed by atoms with Crippen molar-refractivity contribution in [3.05, 3.63) is 68.8 Å². The third-order valence-electron chi connectivity index (χ3n) is 2.80. The maximum Gasteiger partial charge on any atom is 0.185 e. The zero-order chi connectivity index (χ0) is 14.7. The Labute approximate surface area is 128 Å². The van der Waals surface area contributed by atoms with Crippen molar-refractivity contribution in [2.45, 2.75) is 5.92 Å². The molecule has 0 N–H and O–H groups in total. The molecule has 0 heterocycles. The fraction of sp³-hybridized carbons (Fsp3) is 0.0667. The van der Waals surface area contributed by atoms with Crippen molar-refractivity contribution in [1.29, 1.82) is 5.26 Å². The van der Waals surface area contributed by atoms with Crippen LogP contribution in [0.4, 0.5) is 8.78 Å². The molecule has 20 heavy (non-hydrogen) atoms. The number of Topliss-reactive ketones (excluding diaryl/α,β-unsaturated/α-hetero) is 1. The number of carbonyl (C=O) groups excluding carboxylic acids is 1. The van der Waals surface area contributed by atoms with Crippen molar-refractivity contribution in [3.8, 4) is 6.07 Å². The van der Waals surface area contributed by atoms with Crippen LogP contribution in [0.15, 0.2) is 42.5 Å². The number of halogens is 3. The first kappa shape index (κ1) is 14.6. The molecule has 0 bridgehead atoms. The summed E-state index contributed by atoms with van der Waals surface area (Å²) in [4.78, 5) is 12.3. The van der Waals surface area contributed by atoms with Crippen LogP contribution in [-0.2, 0) is 0 Å². The molecule has 2 aromatic carbocycles. The second-order valence-corrected chi connectivity index (χ2v) is 5.23. The lowest BCUT2D eigenvalue weighted by Gasteiger charge is -2.11. The van der Waals surface area contributed by atoms with E-state index in [9.17, 15) is 13.6 Å². The van der Waals surface area contributed by atoms with E-state index < -0.39 is 23.3 Å². The molecule has 0 amide bonds. The van der Waals surface area contributed by atoms with E-state index >= 15 is 0 Å². The van der Waals surface area contributed by atoms with E-state index in [1.165, 1.54) is 0 Å². The van der Waals surface area contributed by atoms with Gasteiger partial charge in [-0.2, -0.15) is 5.26 Å². The van der Waals surface area contributed by atoms with Crippen LogP contribution in [0.25, 0.3) is 0 Å². The van der Waals surface area contributed by atoms with E-state index in [1.807, 2.05) is 22.6 Å². The molecule has 0 aliphatic rings. The molecule has 0 saturated carbocycles. The summed E-state index contributed by atoms with van der Waals surface area (Å²) in [6.07, 6.45) is 0. The normalized spacial score (nSPS) is 11.7. The van der Waals surface area contributed by atoms with E-state index in [2.05, 4.69) is 0 Å². The molecule has 0 fully saturated rings. The van der Waals surface area contributed by atoms with Crippen LogP contribution >= 0.6 is 22.6 Å². The molecule has 1 atom stereocenters. The second-order valence-electron chi connectivity index (χ2n) is 4.07. The van der Waals surface area contributed by atoms with Crippen LogP contribution in [0.5, 0.6) is 0 Å². The van der Waals surface area contributed by atoms with E-state index in [0.717, 1.165) is 12.1 Å². The number of rotatable bonds is 3. The molecule has 2 nitrogen and oxygen atoms in total. The first-order valence-electron chi connectivity index (χ1n) is 5.68. The number of hydrogen-bond donors (Lipinski definition) is 0. The summed E-state index contributed by atoms with van der Waals surface area (Å²) in [5.74, 6) is -3.42. The summed E-state index contributed by atoms with van der Waals surface area (Å²) in [7, 11) is 0. The van der Waals surface area contributed by atoms with Crippen molar-refractivity contribution < 1.29 is 13.6 Å². The van der Waals surface area contributed by atoms with Gasteiger partial charge in [-0.15, -0.1) is 0 Å². The largest absolute Gasteiger partial charge is 0.292 e. The van der Waals surface area contributed by atoms with Gasteiger partial charge in [0.2, 0.25) is 0 Å². The van der Waals surface area contributed by atoms with E-state index in [4.69, 9.17) is 5.26 Å². The first-order valence-corrected chi connectivity index (χ1v) is 6.75. The number of hydrogen-bond acceptors (Lipinski definition) is 2. The van der Waals surface area contributed by atoms with Gasteiger partial charge >= 0.3 is 0 Å². The minimum absolute atomic E-state index is 0.112. The van der Waals surface area contributed by atoms with E-state index in [0.29, 0.717) is 15.2 Å². The summed E-state index contributed by atoms with van der Waals surface area (Å²) in [5, 5.41) is 9.16. The highest BCUT2D eigenvalue weighted by Crippen LogP contribution is 2.25. The van der Waals surface area contributed by atoms with Crippen molar-refractivity contribution in [2.75, 3.05) is 0 Å². The molecule has 2 rings (SSSR count). The summed E-state index contributed by atoms with van der Waals surface area (Å²) < 4.78 is 27.3. The topological polar surface area (TPSA) is 40.9 Å². The lowest BCUT2D eigenvalue weighted by Crippen LogP contribution is -2.14. The SMILES string of the molecule is N#CC(C(=O)c1ccccc1I)c1ccc(F)cc1F. The predicted molar refractivity (Wildman–Crippen MR) is 78.2 cm³/mol. The average molecular weight is 383 g/mol. The van der Waals surface area contributed by atoms with Gasteiger partial charge in [-0.1, -0.05) is 24.3 Å². The Bertz CT molecular complexity index is 709. The average Bonchev–Trinajstić information content (AvgIpc) is 2.42. The summed E-state index contributed by atoms with van der Waals surface area (Å²) in [6, 6.07) is 11.4. The number of nitriles is 1. The molecule has 0 aliphatic carbocycles. The minimum atomic E-state index is -1.29. The third kappa shape index (κ3) is 2.85. The number of nitrogens with zero attached hydrogens (tertiary/aromatic N) is 1. The van der Waals surface area contributed by atoms with Gasteiger partial charge in [0, 0.05) is 20.8 Å². The molecule has 5 heteroatoms. The molecule has 0 spiro atoms. The lowest BCUT2D eigenvalue weighted by atomic mass is 9.91. The molecule has 100 valence electrons. The van der Waals surface area contributed by atoms with Gasteiger partial charge in [-0.25, -0.2) is 8.78 Å². The van der Waals surface area contributed by atoms with Crippen molar-refractivity contribution >= 4 is 28.4 Å². The highest BCUT2D eigenvalue weighted by atomic mass is 127. The van der Waals surface area contributed by atoms with Gasteiger partial charge in [-0.05, 0) is 34.7 Å². The molecular formula is C15H8F2INO. The highest BCUT2D eigenvalue weighted by Gasteiger charge is 2.26. The smallest absolute Gasteiger partial charge is 0.185 e. The third-order valence-corrected chi connectivity index (χ3v) is 3.74. The van der Waals surface area contributed by atoms with Crippen LogP contribution < -0.4 is 0 Å². The van der Waals surface area contributed by atoms with Gasteiger partial charge < -0.3 is 0 Å². The Hall–Kier alpha value is -1.81. The van der Waals surface area contributed by atoms with Crippen LogP contribution in [0.1, 0.15) is 21.8 Å². The highest BCUT2D eigenvalue weighted by molar-refractivity contribution is 14.1. The molecule has 1 unspecified atom stereocenters. The van der Waals surface area contributed by atoms with Gasteiger partial charge in [0.1, 0.15) is 17.6 Å². The van der Waals surface area contributed by atoms with E-state index in [-0.39, 0.29) is 5.56 Å². The Balaban J connectivity index is 2.46. The second kappa shape index (κ2) is 6.09. The Morgan fingerprint density at radius 1 is 1.20 bits per heavy atom. The number of ketones is 1. The molecule has 0 aromatic heterocycles. The maximum absolute atomic E-state index is 13.7. The van der Waals surface area contributed by atoms with Gasteiger partial charge in [0.15, 0.2) is 5.78 Å². The predicted octanol–water partition coefficient (Wildman–Crippen LogP) is 4.06. The minimum Gasteiger partial charge on any atom is -0.292 e. The Morgan fingerprint density at radius 2 is 1.90 bits per heavy atom. The molecule has 0 saturated heterocycles. The Morgan fingerprint density at radius 3 is 2.50 bits per heavy atom. The zero-order valence-electron chi connectivity index (χ0n) is 10.1. The van der Waals surface area contributed by atoms with Crippen molar-refractivity contribution in [3.63, 3.8) is 0 Å². The quantitative estimate of drug-likeness (QED) is 0.593. The molecule has 0 aliphatic heterocycles. The van der Waals surface area contributed by atoms with Gasteiger partial charge in [0.05, 0.1) is 6.07 Å². The zero-order valence-corrected chi connectivity index (χ0v) is 12.3. The standard InChI is InChI=1S/C15H8F2INO/c16-9-5-6-10(13(17)7-9)12(8-19)15(20)11-3-1-2-4-14(11)18/h1-7,12H. The lowest BCUT2D eigenvalue weighted by molar-refractivity contribution is 0.0976. The molecule has 0 radical (unpaired) electrons. The van der Waals surface area contributed by atoms with Gasteiger partial charge in [0.25, 0.3) is 0 Å². The summed E-state index contributed by atoms with van der Waals surface area (Å²) >= 11 is 1.97. The van der Waals surface area contributed by atoms with Gasteiger partial charge in [-0.3, -0.25) is 4.79 Å². The Kier molecular flexibility index (Phi) is 4.45. The van der Waals surface area contributed by atoms with Crippen molar-refractivity contribution in [1.82, 2.24) is 0 Å². The first-order chi connectivity index (χ1) is 9.54. The molecular weight excluding hydrogens is 375 g/mol.